The van der Waals surface area contributed by atoms with E-state index in [9.17, 15) is 5.11 Å². The van der Waals surface area contributed by atoms with Crippen molar-refractivity contribution in [3.8, 4) is 11.8 Å². The lowest BCUT2D eigenvalue weighted by Gasteiger charge is -2.17. The summed E-state index contributed by atoms with van der Waals surface area (Å²) in [6.45, 7) is 4.07. The van der Waals surface area contributed by atoms with Crippen LogP contribution in [-0.4, -0.2) is 11.1 Å². The summed E-state index contributed by atoms with van der Waals surface area (Å²) in [7, 11) is 0. The second kappa shape index (κ2) is 5.74. The van der Waals surface area contributed by atoms with Gasteiger partial charge in [-0.1, -0.05) is 24.6 Å². The maximum Gasteiger partial charge on any atom is 0.134 e. The molecule has 0 heterocycles. The Labute approximate surface area is 101 Å². The van der Waals surface area contributed by atoms with E-state index < -0.39 is 6.04 Å². The van der Waals surface area contributed by atoms with Gasteiger partial charge in [0.15, 0.2) is 0 Å². The molecule has 16 heavy (non-hydrogen) atoms. The standard InChI is InChI=1S/C12H15ClN2O/c1-3-8(2)15-11(7-14)9-4-5-12(16)10(13)6-9/h4-6,8,11,15-16H,3H2,1-2H3. The molecule has 3 nitrogen and oxygen atoms in total. The maximum absolute atomic E-state index is 9.29. The molecule has 1 aromatic carbocycles. The number of phenolic OH excluding ortho intramolecular Hbond substituents is 1. The van der Waals surface area contributed by atoms with Crippen molar-refractivity contribution in [1.82, 2.24) is 5.32 Å². The summed E-state index contributed by atoms with van der Waals surface area (Å²) in [6.07, 6.45) is 0.948. The van der Waals surface area contributed by atoms with Crippen molar-refractivity contribution in [3.63, 3.8) is 0 Å². The monoisotopic (exact) mass is 238 g/mol. The van der Waals surface area contributed by atoms with Crippen LogP contribution in [0.3, 0.4) is 0 Å². The molecule has 0 spiro atoms. The van der Waals surface area contributed by atoms with Crippen molar-refractivity contribution in [2.75, 3.05) is 0 Å². The summed E-state index contributed by atoms with van der Waals surface area (Å²) in [6, 6.07) is 6.86. The van der Waals surface area contributed by atoms with Crippen LogP contribution in [0.1, 0.15) is 31.9 Å². The third-order valence-corrected chi connectivity index (χ3v) is 2.80. The van der Waals surface area contributed by atoms with Crippen LogP contribution in [0.4, 0.5) is 0 Å². The molecule has 0 bridgehead atoms. The van der Waals surface area contributed by atoms with Gasteiger partial charge in [-0.2, -0.15) is 5.26 Å². The molecule has 0 saturated carbocycles. The van der Waals surface area contributed by atoms with Gasteiger partial charge in [-0.15, -0.1) is 0 Å². The molecule has 86 valence electrons. The number of hydrogen-bond donors (Lipinski definition) is 2. The van der Waals surface area contributed by atoms with Crippen molar-refractivity contribution < 1.29 is 5.11 Å². The molecule has 1 rings (SSSR count). The lowest BCUT2D eigenvalue weighted by molar-refractivity contribution is 0.473. The lowest BCUT2D eigenvalue weighted by Crippen LogP contribution is -2.29. The van der Waals surface area contributed by atoms with Crippen LogP contribution in [0.2, 0.25) is 5.02 Å². The molecule has 2 N–H and O–H groups in total. The Hall–Kier alpha value is -1.24. The zero-order valence-corrected chi connectivity index (χ0v) is 10.1. The van der Waals surface area contributed by atoms with Gasteiger partial charge in [-0.05, 0) is 31.0 Å². The third-order valence-electron chi connectivity index (χ3n) is 2.50. The first-order valence-electron chi connectivity index (χ1n) is 5.22. The predicted molar refractivity (Wildman–Crippen MR) is 64.4 cm³/mol. The van der Waals surface area contributed by atoms with Crippen molar-refractivity contribution in [3.05, 3.63) is 28.8 Å². The zero-order valence-electron chi connectivity index (χ0n) is 9.37. The molecule has 0 radical (unpaired) electrons. The molecule has 0 aliphatic heterocycles. The number of rotatable bonds is 4. The highest BCUT2D eigenvalue weighted by Gasteiger charge is 2.13. The van der Waals surface area contributed by atoms with Gasteiger partial charge in [0.1, 0.15) is 11.8 Å². The highest BCUT2D eigenvalue weighted by Crippen LogP contribution is 2.26. The molecule has 0 aliphatic rings. The summed E-state index contributed by atoms with van der Waals surface area (Å²) < 4.78 is 0. The van der Waals surface area contributed by atoms with E-state index in [0.29, 0.717) is 0 Å². The smallest absolute Gasteiger partial charge is 0.134 e. The zero-order chi connectivity index (χ0) is 12.1. The predicted octanol–water partition coefficient (Wildman–Crippen LogP) is 3.00. The number of benzene rings is 1. The van der Waals surface area contributed by atoms with E-state index in [0.717, 1.165) is 12.0 Å². The van der Waals surface area contributed by atoms with E-state index in [1.807, 2.05) is 6.92 Å². The highest BCUT2D eigenvalue weighted by atomic mass is 35.5. The summed E-state index contributed by atoms with van der Waals surface area (Å²) in [5.74, 6) is 0.0330. The van der Waals surface area contributed by atoms with E-state index in [1.54, 1.807) is 12.1 Å². The van der Waals surface area contributed by atoms with Crippen LogP contribution < -0.4 is 5.32 Å². The number of nitriles is 1. The summed E-state index contributed by atoms with van der Waals surface area (Å²) in [5.41, 5.74) is 0.769. The van der Waals surface area contributed by atoms with Crippen LogP contribution in [0.25, 0.3) is 0 Å². The number of nitrogens with one attached hydrogen (secondary N) is 1. The Morgan fingerprint density at radius 2 is 2.25 bits per heavy atom. The second-order valence-electron chi connectivity index (χ2n) is 3.75. The number of aromatic hydroxyl groups is 1. The third kappa shape index (κ3) is 3.13. The average molecular weight is 239 g/mol. The first kappa shape index (κ1) is 12.8. The number of hydrogen-bond acceptors (Lipinski definition) is 3. The normalized spacial score (nSPS) is 14.1. The quantitative estimate of drug-likeness (QED) is 0.848. The Morgan fingerprint density at radius 3 is 2.75 bits per heavy atom. The summed E-state index contributed by atoms with van der Waals surface area (Å²) in [5, 5.41) is 21.8. The van der Waals surface area contributed by atoms with Gasteiger partial charge in [-0.25, -0.2) is 0 Å². The first-order chi connectivity index (χ1) is 7.58. The number of nitrogens with zero attached hydrogens (tertiary/aromatic N) is 1. The molecular formula is C12H15ClN2O. The Balaban J connectivity index is 2.88. The van der Waals surface area contributed by atoms with Crippen molar-refractivity contribution >= 4 is 11.6 Å². The van der Waals surface area contributed by atoms with Gasteiger partial charge in [0, 0.05) is 6.04 Å². The number of halogens is 1. The second-order valence-corrected chi connectivity index (χ2v) is 4.16. The van der Waals surface area contributed by atoms with E-state index in [-0.39, 0.29) is 16.8 Å². The van der Waals surface area contributed by atoms with Gasteiger partial charge < -0.3 is 5.11 Å². The van der Waals surface area contributed by atoms with Crippen LogP contribution >= 0.6 is 11.6 Å². The van der Waals surface area contributed by atoms with Gasteiger partial charge >= 0.3 is 0 Å². The fourth-order valence-corrected chi connectivity index (χ4v) is 1.50. The first-order valence-corrected chi connectivity index (χ1v) is 5.60. The molecule has 1 aromatic rings. The van der Waals surface area contributed by atoms with Crippen LogP contribution in [0.15, 0.2) is 18.2 Å². The molecule has 0 saturated heterocycles. The summed E-state index contributed by atoms with van der Waals surface area (Å²) in [4.78, 5) is 0. The van der Waals surface area contributed by atoms with Crippen molar-refractivity contribution in [2.24, 2.45) is 0 Å². The molecular weight excluding hydrogens is 224 g/mol. The summed E-state index contributed by atoms with van der Waals surface area (Å²) >= 11 is 5.80. The molecule has 4 heteroatoms. The van der Waals surface area contributed by atoms with Crippen molar-refractivity contribution in [2.45, 2.75) is 32.4 Å². The Bertz CT molecular complexity index is 400. The Kier molecular flexibility index (Phi) is 4.60. The van der Waals surface area contributed by atoms with E-state index in [2.05, 4.69) is 18.3 Å². The Morgan fingerprint density at radius 1 is 1.56 bits per heavy atom. The fraction of sp³-hybridized carbons (Fsp3) is 0.417. The van der Waals surface area contributed by atoms with Crippen LogP contribution in [0.5, 0.6) is 5.75 Å². The number of phenols is 1. The molecule has 2 unspecified atom stereocenters. The molecule has 2 atom stereocenters. The highest BCUT2D eigenvalue weighted by molar-refractivity contribution is 6.32. The fourth-order valence-electron chi connectivity index (χ4n) is 1.31. The lowest BCUT2D eigenvalue weighted by atomic mass is 10.1. The molecule has 0 amide bonds. The average Bonchev–Trinajstić information content (AvgIpc) is 2.29. The minimum absolute atomic E-state index is 0.0330. The maximum atomic E-state index is 9.29. The van der Waals surface area contributed by atoms with Crippen LogP contribution in [0, 0.1) is 11.3 Å². The molecule has 0 fully saturated rings. The van der Waals surface area contributed by atoms with E-state index >= 15 is 0 Å². The van der Waals surface area contributed by atoms with Gasteiger partial charge in [0.25, 0.3) is 0 Å². The van der Waals surface area contributed by atoms with Crippen LogP contribution in [-0.2, 0) is 0 Å². The van der Waals surface area contributed by atoms with Gasteiger partial charge in [0.05, 0.1) is 11.1 Å². The van der Waals surface area contributed by atoms with E-state index in [4.69, 9.17) is 16.9 Å². The van der Waals surface area contributed by atoms with Gasteiger partial charge in [-0.3, -0.25) is 5.32 Å². The van der Waals surface area contributed by atoms with E-state index in [1.165, 1.54) is 6.07 Å². The van der Waals surface area contributed by atoms with Crippen molar-refractivity contribution in [1.29, 1.82) is 5.26 Å². The minimum Gasteiger partial charge on any atom is -0.506 e. The van der Waals surface area contributed by atoms with Gasteiger partial charge in [0.2, 0.25) is 0 Å². The largest absolute Gasteiger partial charge is 0.506 e. The SMILES string of the molecule is CCC(C)NC(C#N)c1ccc(O)c(Cl)c1. The minimum atomic E-state index is -0.395. The molecule has 0 aromatic heterocycles. The topological polar surface area (TPSA) is 56.0 Å². The molecule has 0 aliphatic carbocycles.